The normalized spacial score (nSPS) is 23.3. The highest BCUT2D eigenvalue weighted by molar-refractivity contribution is 5.93. The Morgan fingerprint density at radius 1 is 1.20 bits per heavy atom. The molecule has 6 nitrogen and oxygen atoms in total. The minimum atomic E-state index is -0.399. The summed E-state index contributed by atoms with van der Waals surface area (Å²) in [5, 5.41) is 12.6. The van der Waals surface area contributed by atoms with Crippen molar-refractivity contribution in [3.05, 3.63) is 71.6 Å². The van der Waals surface area contributed by atoms with Gasteiger partial charge in [0.2, 0.25) is 5.91 Å². The van der Waals surface area contributed by atoms with Gasteiger partial charge >= 0.3 is 6.03 Å². The van der Waals surface area contributed by atoms with Crippen molar-refractivity contribution in [3.63, 3.8) is 0 Å². The van der Waals surface area contributed by atoms with Crippen molar-refractivity contribution in [2.24, 2.45) is 0 Å². The van der Waals surface area contributed by atoms with E-state index in [9.17, 15) is 19.1 Å². The average Bonchev–Trinajstić information content (AvgIpc) is 2.72. The van der Waals surface area contributed by atoms with Crippen LogP contribution in [-0.4, -0.2) is 58.6 Å². The number of aliphatic hydroxyl groups excluding tert-OH is 1. The van der Waals surface area contributed by atoms with Crippen molar-refractivity contribution in [1.29, 1.82) is 0 Å². The Morgan fingerprint density at radius 3 is 2.53 bits per heavy atom. The van der Waals surface area contributed by atoms with E-state index in [1.54, 1.807) is 4.90 Å². The lowest BCUT2D eigenvalue weighted by molar-refractivity contribution is -0.159. The molecule has 0 saturated carbocycles. The number of hydrogen-bond donors (Lipinski definition) is 2. The number of allylic oxidation sites excluding steroid dienone is 1. The Hall–Kier alpha value is -3.19. The van der Waals surface area contributed by atoms with E-state index in [-0.39, 0.29) is 42.9 Å². The first-order chi connectivity index (χ1) is 14.5. The number of urea groups is 1. The average molecular weight is 409 g/mol. The number of hydrogen-bond acceptors (Lipinski definition) is 3. The summed E-state index contributed by atoms with van der Waals surface area (Å²) in [6, 6.07) is 12.7. The lowest BCUT2D eigenvalue weighted by Gasteiger charge is -2.58. The fraction of sp³-hybridized carbons (Fsp3) is 0.304. The monoisotopic (exact) mass is 409 g/mol. The highest BCUT2D eigenvalue weighted by Gasteiger charge is 2.54. The van der Waals surface area contributed by atoms with Crippen molar-refractivity contribution in [1.82, 2.24) is 9.80 Å². The van der Waals surface area contributed by atoms with Crippen molar-refractivity contribution in [2.45, 2.75) is 24.9 Å². The van der Waals surface area contributed by atoms with Crippen LogP contribution < -0.4 is 5.32 Å². The third kappa shape index (κ3) is 3.68. The van der Waals surface area contributed by atoms with Crippen molar-refractivity contribution in [2.75, 3.05) is 25.0 Å². The van der Waals surface area contributed by atoms with Gasteiger partial charge in [0.15, 0.2) is 0 Å². The Bertz CT molecular complexity index is 959. The van der Waals surface area contributed by atoms with Gasteiger partial charge in [-0.25, -0.2) is 9.18 Å². The van der Waals surface area contributed by atoms with E-state index in [4.69, 9.17) is 0 Å². The summed E-state index contributed by atoms with van der Waals surface area (Å²) >= 11 is 0. The van der Waals surface area contributed by atoms with Gasteiger partial charge in [0.1, 0.15) is 12.4 Å². The number of nitrogens with one attached hydrogen (secondary N) is 1. The fourth-order valence-electron chi connectivity index (χ4n) is 4.41. The quantitative estimate of drug-likeness (QED) is 0.815. The largest absolute Gasteiger partial charge is 0.394 e. The van der Waals surface area contributed by atoms with Crippen molar-refractivity contribution < 1.29 is 19.1 Å². The highest BCUT2D eigenvalue weighted by atomic mass is 19.1. The zero-order valence-corrected chi connectivity index (χ0v) is 16.7. The molecule has 0 unspecified atom stereocenters. The summed E-state index contributed by atoms with van der Waals surface area (Å²) in [6.45, 7) is 2.16. The van der Waals surface area contributed by atoms with Crippen LogP contribution in [0.5, 0.6) is 0 Å². The summed E-state index contributed by atoms with van der Waals surface area (Å²) in [4.78, 5) is 28.5. The second-order valence-corrected chi connectivity index (χ2v) is 7.63. The molecule has 156 valence electrons. The van der Waals surface area contributed by atoms with Gasteiger partial charge in [0.25, 0.3) is 0 Å². The molecule has 2 aromatic carbocycles. The molecule has 2 saturated heterocycles. The number of halogens is 1. The molecule has 3 atom stereocenters. The summed E-state index contributed by atoms with van der Waals surface area (Å²) < 4.78 is 13.1. The first-order valence-electron chi connectivity index (χ1n) is 9.98. The van der Waals surface area contributed by atoms with Gasteiger partial charge in [-0.15, -0.1) is 0 Å². The molecule has 2 aliphatic rings. The number of carbonyl (C=O) groups excluding carboxylic acids is 2. The van der Waals surface area contributed by atoms with E-state index in [1.165, 1.54) is 29.2 Å². The maximum absolute atomic E-state index is 13.1. The van der Waals surface area contributed by atoms with Gasteiger partial charge < -0.3 is 20.2 Å². The van der Waals surface area contributed by atoms with Crippen LogP contribution >= 0.6 is 0 Å². The molecule has 30 heavy (non-hydrogen) atoms. The van der Waals surface area contributed by atoms with E-state index >= 15 is 0 Å². The predicted molar refractivity (Wildman–Crippen MR) is 112 cm³/mol. The van der Waals surface area contributed by atoms with Crippen molar-refractivity contribution >= 4 is 23.7 Å². The maximum Gasteiger partial charge on any atom is 0.322 e. The number of rotatable bonds is 4. The molecule has 0 aromatic heterocycles. The first kappa shape index (κ1) is 20.1. The van der Waals surface area contributed by atoms with E-state index in [2.05, 4.69) is 5.32 Å². The van der Waals surface area contributed by atoms with E-state index < -0.39 is 6.03 Å². The number of benzene rings is 2. The molecule has 2 fully saturated rings. The number of fused-ring (bicyclic) bond motifs is 1. The Kier molecular flexibility index (Phi) is 5.55. The van der Waals surface area contributed by atoms with E-state index in [1.807, 2.05) is 43.3 Å². The second-order valence-electron chi connectivity index (χ2n) is 7.63. The van der Waals surface area contributed by atoms with Crippen LogP contribution in [0.3, 0.4) is 0 Å². The summed E-state index contributed by atoms with van der Waals surface area (Å²) in [5.41, 5.74) is 2.59. The zero-order chi connectivity index (χ0) is 21.3. The first-order valence-corrected chi connectivity index (χ1v) is 9.98. The topological polar surface area (TPSA) is 72.9 Å². The van der Waals surface area contributed by atoms with Crippen LogP contribution in [0, 0.1) is 5.82 Å². The lowest BCUT2D eigenvalue weighted by atomic mass is 9.73. The van der Waals surface area contributed by atoms with E-state index in [0.717, 1.165) is 11.1 Å². The SMILES string of the molecule is C/C=C/c1ccc([C@H]2[C@@H](CO)N3C(=O)CN(C(=O)Nc4ccc(F)cc4)C[C@@H]23)cc1. The molecule has 4 rings (SSSR count). The van der Waals surface area contributed by atoms with Gasteiger partial charge in [-0.1, -0.05) is 36.4 Å². The third-order valence-corrected chi connectivity index (χ3v) is 5.82. The summed E-state index contributed by atoms with van der Waals surface area (Å²) in [6.07, 6.45) is 3.97. The minimum Gasteiger partial charge on any atom is -0.394 e. The standard InChI is InChI=1S/C23H24FN3O3/c1-2-3-15-4-6-16(7-5-15)22-19-12-26(13-21(29)27(19)20(22)14-28)23(30)25-18-10-8-17(24)9-11-18/h2-11,19-20,22,28H,12-14H2,1H3,(H,25,30)/b3-2+/t19-,20+,22+/m0/s1. The molecule has 7 heteroatoms. The third-order valence-electron chi connectivity index (χ3n) is 5.82. The molecule has 2 aromatic rings. The number of carbonyl (C=O) groups is 2. The Labute approximate surface area is 174 Å². The second kappa shape index (κ2) is 8.28. The molecule has 2 N–H and O–H groups in total. The molecular formula is C23H24FN3O3. The predicted octanol–water partition coefficient (Wildman–Crippen LogP) is 3.06. The Morgan fingerprint density at radius 2 is 1.90 bits per heavy atom. The van der Waals surface area contributed by atoms with Gasteiger partial charge in [-0.3, -0.25) is 4.79 Å². The Balaban J connectivity index is 1.50. The molecule has 2 aliphatic heterocycles. The van der Waals surface area contributed by atoms with Gasteiger partial charge in [0, 0.05) is 18.2 Å². The van der Waals surface area contributed by atoms with Crippen LogP contribution in [0.25, 0.3) is 6.08 Å². The zero-order valence-electron chi connectivity index (χ0n) is 16.7. The molecule has 3 amide bonds. The number of piperazine rings is 1. The summed E-state index contributed by atoms with van der Waals surface area (Å²) in [5.74, 6) is -0.606. The fourth-order valence-corrected chi connectivity index (χ4v) is 4.41. The number of anilines is 1. The van der Waals surface area contributed by atoms with Gasteiger partial charge in [-0.05, 0) is 42.3 Å². The lowest BCUT2D eigenvalue weighted by Crippen LogP contribution is -2.73. The number of nitrogens with zero attached hydrogens (tertiary/aromatic N) is 2. The smallest absolute Gasteiger partial charge is 0.322 e. The summed E-state index contributed by atoms with van der Waals surface area (Å²) in [7, 11) is 0. The van der Waals surface area contributed by atoms with E-state index in [0.29, 0.717) is 12.2 Å². The minimum absolute atomic E-state index is 0.0416. The molecule has 0 radical (unpaired) electrons. The van der Waals surface area contributed by atoms with Crippen molar-refractivity contribution in [3.8, 4) is 0 Å². The number of amides is 3. The highest BCUT2D eigenvalue weighted by Crippen LogP contribution is 2.43. The van der Waals surface area contributed by atoms with Crippen LogP contribution in [0.1, 0.15) is 24.0 Å². The van der Waals surface area contributed by atoms with Crippen LogP contribution in [0.2, 0.25) is 0 Å². The number of aliphatic hydroxyl groups is 1. The van der Waals surface area contributed by atoms with Crippen LogP contribution in [-0.2, 0) is 4.79 Å². The van der Waals surface area contributed by atoms with Crippen LogP contribution in [0.4, 0.5) is 14.9 Å². The van der Waals surface area contributed by atoms with Gasteiger partial charge in [0.05, 0.1) is 18.7 Å². The molecule has 0 spiro atoms. The van der Waals surface area contributed by atoms with Crippen LogP contribution in [0.15, 0.2) is 54.6 Å². The molecule has 0 aliphatic carbocycles. The maximum atomic E-state index is 13.1. The molecular weight excluding hydrogens is 385 g/mol. The molecule has 2 heterocycles. The van der Waals surface area contributed by atoms with Gasteiger partial charge in [-0.2, -0.15) is 0 Å². The molecule has 0 bridgehead atoms.